The van der Waals surface area contributed by atoms with Gasteiger partial charge < -0.3 is 10.4 Å². The first kappa shape index (κ1) is 22.3. The highest BCUT2D eigenvalue weighted by Crippen LogP contribution is 2.39. The molecule has 1 aliphatic carbocycles. The molecular formula is C24H27ClFNO3. The average Bonchev–Trinajstić information content (AvgIpc) is 2.72. The van der Waals surface area contributed by atoms with Crippen molar-refractivity contribution in [2.24, 2.45) is 5.41 Å². The van der Waals surface area contributed by atoms with Crippen LogP contribution in [0.15, 0.2) is 48.5 Å². The number of carbonyl (C=O) groups is 2. The smallest absolute Gasteiger partial charge is 0.303 e. The number of benzene rings is 2. The molecule has 1 aliphatic rings. The van der Waals surface area contributed by atoms with E-state index in [4.69, 9.17) is 11.6 Å². The van der Waals surface area contributed by atoms with Crippen molar-refractivity contribution >= 4 is 23.5 Å². The van der Waals surface area contributed by atoms with E-state index in [2.05, 4.69) is 5.32 Å². The van der Waals surface area contributed by atoms with Crippen molar-refractivity contribution in [3.63, 3.8) is 0 Å². The summed E-state index contributed by atoms with van der Waals surface area (Å²) in [6.45, 7) is 0.370. The Morgan fingerprint density at radius 1 is 1.00 bits per heavy atom. The quantitative estimate of drug-likeness (QED) is 0.576. The van der Waals surface area contributed by atoms with Crippen LogP contribution in [0, 0.1) is 11.2 Å². The minimum Gasteiger partial charge on any atom is -0.481 e. The summed E-state index contributed by atoms with van der Waals surface area (Å²) in [5.74, 6) is -1.54. The van der Waals surface area contributed by atoms with Crippen molar-refractivity contribution in [3.05, 3.63) is 70.5 Å². The molecule has 0 unspecified atom stereocenters. The van der Waals surface area contributed by atoms with E-state index in [0.29, 0.717) is 11.6 Å². The molecule has 0 spiro atoms. The number of carboxylic acids is 1. The summed E-state index contributed by atoms with van der Waals surface area (Å²) in [5.41, 5.74) is 1.39. The number of carbonyl (C=O) groups excluding carboxylic acids is 1. The number of nitrogens with one attached hydrogen (secondary N) is 1. The average molecular weight is 432 g/mol. The molecule has 1 atom stereocenters. The highest BCUT2D eigenvalue weighted by atomic mass is 35.5. The van der Waals surface area contributed by atoms with Crippen LogP contribution in [-0.4, -0.2) is 23.5 Å². The second kappa shape index (κ2) is 10.1. The molecule has 2 N–H and O–H groups in total. The second-order valence-electron chi connectivity index (χ2n) is 8.27. The maximum atomic E-state index is 13.4. The Kier molecular flexibility index (Phi) is 7.48. The molecule has 0 bridgehead atoms. The zero-order valence-corrected chi connectivity index (χ0v) is 17.6. The molecule has 1 saturated carbocycles. The first-order valence-corrected chi connectivity index (χ1v) is 10.7. The Balaban J connectivity index is 1.73. The van der Waals surface area contributed by atoms with E-state index in [1.54, 1.807) is 24.3 Å². The predicted octanol–water partition coefficient (Wildman–Crippen LogP) is 5.54. The normalized spacial score (nSPS) is 16.6. The van der Waals surface area contributed by atoms with Gasteiger partial charge in [-0.3, -0.25) is 9.59 Å². The Hall–Kier alpha value is -2.40. The van der Waals surface area contributed by atoms with Crippen LogP contribution in [0.25, 0.3) is 0 Å². The zero-order valence-electron chi connectivity index (χ0n) is 16.9. The number of halogens is 2. The van der Waals surface area contributed by atoms with E-state index in [-0.39, 0.29) is 35.9 Å². The Morgan fingerprint density at radius 3 is 2.13 bits per heavy atom. The van der Waals surface area contributed by atoms with Gasteiger partial charge in [0.2, 0.25) is 5.91 Å². The van der Waals surface area contributed by atoms with Gasteiger partial charge in [-0.2, -0.15) is 0 Å². The number of amides is 1. The van der Waals surface area contributed by atoms with Gasteiger partial charge in [-0.25, -0.2) is 4.39 Å². The fraction of sp³-hybridized carbons (Fsp3) is 0.417. The van der Waals surface area contributed by atoms with Crippen molar-refractivity contribution in [1.29, 1.82) is 0 Å². The molecule has 3 rings (SSSR count). The molecule has 1 amide bonds. The van der Waals surface area contributed by atoms with Crippen LogP contribution in [0.4, 0.5) is 4.39 Å². The molecule has 4 nitrogen and oxygen atoms in total. The maximum Gasteiger partial charge on any atom is 0.303 e. The molecule has 0 aliphatic heterocycles. The van der Waals surface area contributed by atoms with Gasteiger partial charge in [-0.1, -0.05) is 55.1 Å². The summed E-state index contributed by atoms with van der Waals surface area (Å²) < 4.78 is 13.4. The fourth-order valence-electron chi connectivity index (χ4n) is 4.40. The van der Waals surface area contributed by atoms with Crippen LogP contribution >= 0.6 is 11.6 Å². The summed E-state index contributed by atoms with van der Waals surface area (Å²) in [5, 5.41) is 12.9. The molecule has 1 fully saturated rings. The molecule has 0 aromatic heterocycles. The first-order chi connectivity index (χ1) is 14.4. The van der Waals surface area contributed by atoms with E-state index in [1.807, 2.05) is 12.1 Å². The van der Waals surface area contributed by atoms with Crippen LogP contribution < -0.4 is 5.32 Å². The van der Waals surface area contributed by atoms with Gasteiger partial charge in [-0.05, 0) is 53.6 Å². The van der Waals surface area contributed by atoms with Crippen LogP contribution in [0.5, 0.6) is 0 Å². The lowest BCUT2D eigenvalue weighted by Gasteiger charge is -2.36. The molecule has 160 valence electrons. The van der Waals surface area contributed by atoms with Crippen molar-refractivity contribution in [1.82, 2.24) is 5.32 Å². The highest BCUT2D eigenvalue weighted by Gasteiger charge is 2.35. The van der Waals surface area contributed by atoms with E-state index in [0.717, 1.165) is 43.2 Å². The van der Waals surface area contributed by atoms with E-state index in [1.165, 1.54) is 12.1 Å². The SMILES string of the molecule is O=C(O)CC1(CNC(=O)C[C@@H](c2ccc(F)cc2)c2ccc(Cl)cc2)CCCCC1. The van der Waals surface area contributed by atoms with Gasteiger partial charge in [0, 0.05) is 23.9 Å². The second-order valence-corrected chi connectivity index (χ2v) is 8.70. The standard InChI is InChI=1S/C24H27ClFNO3/c25-19-8-4-17(5-9-19)21(18-6-10-20(26)11-7-18)14-22(28)27-16-24(15-23(29)30)12-2-1-3-13-24/h4-11,21H,1-3,12-16H2,(H,27,28)(H,29,30)/t21-/m1/s1. The van der Waals surface area contributed by atoms with Crippen LogP contribution in [0.1, 0.15) is 62.0 Å². The summed E-state index contributed by atoms with van der Waals surface area (Å²) in [7, 11) is 0. The van der Waals surface area contributed by atoms with Crippen molar-refractivity contribution in [2.45, 2.75) is 50.9 Å². The minimum absolute atomic E-state index is 0.0753. The number of carboxylic acid groups (broad SMARTS) is 1. The summed E-state index contributed by atoms with van der Waals surface area (Å²) in [6, 6.07) is 13.4. The summed E-state index contributed by atoms with van der Waals surface area (Å²) >= 11 is 6.00. The Labute approximate surface area is 181 Å². The van der Waals surface area contributed by atoms with Crippen LogP contribution in [0.3, 0.4) is 0 Å². The lowest BCUT2D eigenvalue weighted by Crippen LogP contribution is -2.40. The molecule has 0 radical (unpaired) electrons. The van der Waals surface area contributed by atoms with Crippen molar-refractivity contribution in [2.75, 3.05) is 6.54 Å². The zero-order chi connectivity index (χ0) is 21.6. The Bertz CT molecular complexity index is 816. The Morgan fingerprint density at radius 2 is 1.57 bits per heavy atom. The molecule has 2 aromatic rings. The van der Waals surface area contributed by atoms with E-state index < -0.39 is 5.97 Å². The topological polar surface area (TPSA) is 66.4 Å². The lowest BCUT2D eigenvalue weighted by atomic mass is 9.71. The number of hydrogen-bond acceptors (Lipinski definition) is 2. The monoisotopic (exact) mass is 431 g/mol. The minimum atomic E-state index is -0.823. The molecule has 0 heterocycles. The number of rotatable bonds is 8. The molecule has 0 saturated heterocycles. The van der Waals surface area contributed by atoms with Crippen LogP contribution in [-0.2, 0) is 9.59 Å². The van der Waals surface area contributed by atoms with Gasteiger partial charge in [-0.15, -0.1) is 0 Å². The third-order valence-electron chi connectivity index (χ3n) is 6.04. The summed E-state index contributed by atoms with van der Waals surface area (Å²) in [4.78, 5) is 24.2. The third-order valence-corrected chi connectivity index (χ3v) is 6.29. The largest absolute Gasteiger partial charge is 0.481 e. The van der Waals surface area contributed by atoms with Gasteiger partial charge in [0.1, 0.15) is 5.82 Å². The third kappa shape index (κ3) is 6.05. The maximum absolute atomic E-state index is 13.4. The first-order valence-electron chi connectivity index (χ1n) is 10.4. The molecular weight excluding hydrogens is 405 g/mol. The van der Waals surface area contributed by atoms with Gasteiger partial charge in [0.15, 0.2) is 0 Å². The highest BCUT2D eigenvalue weighted by molar-refractivity contribution is 6.30. The molecule has 2 aromatic carbocycles. The number of hydrogen-bond donors (Lipinski definition) is 2. The van der Waals surface area contributed by atoms with Gasteiger partial charge >= 0.3 is 5.97 Å². The van der Waals surface area contributed by atoms with E-state index >= 15 is 0 Å². The van der Waals surface area contributed by atoms with Crippen molar-refractivity contribution in [3.8, 4) is 0 Å². The van der Waals surface area contributed by atoms with Crippen LogP contribution in [0.2, 0.25) is 5.02 Å². The lowest BCUT2D eigenvalue weighted by molar-refractivity contribution is -0.140. The van der Waals surface area contributed by atoms with Crippen molar-refractivity contribution < 1.29 is 19.1 Å². The van der Waals surface area contributed by atoms with Gasteiger partial charge in [0.25, 0.3) is 0 Å². The fourth-order valence-corrected chi connectivity index (χ4v) is 4.53. The molecule has 6 heteroatoms. The molecule has 30 heavy (non-hydrogen) atoms. The number of aliphatic carboxylic acids is 1. The summed E-state index contributed by atoms with van der Waals surface area (Å²) in [6.07, 6.45) is 5.00. The predicted molar refractivity (Wildman–Crippen MR) is 115 cm³/mol. The van der Waals surface area contributed by atoms with Gasteiger partial charge in [0.05, 0.1) is 6.42 Å². The van der Waals surface area contributed by atoms with E-state index in [9.17, 15) is 19.1 Å².